The molecule has 0 amide bonds. The highest BCUT2D eigenvalue weighted by Gasteiger charge is 2.19. The van der Waals surface area contributed by atoms with Gasteiger partial charge < -0.3 is 9.67 Å². The second kappa shape index (κ2) is 9.87. The summed E-state index contributed by atoms with van der Waals surface area (Å²) in [6, 6.07) is 16.8. The molecule has 1 aromatic heterocycles. The first-order valence-electron chi connectivity index (χ1n) is 10.5. The van der Waals surface area contributed by atoms with Crippen LogP contribution in [0, 0.1) is 11.6 Å². The molecule has 4 aromatic rings. The lowest BCUT2D eigenvalue weighted by Crippen LogP contribution is -2.21. The van der Waals surface area contributed by atoms with Crippen LogP contribution in [0.4, 0.5) is 8.78 Å². The number of hydrogen-bond donors (Lipinski definition) is 1. The minimum atomic E-state index is -1.40. The zero-order valence-corrected chi connectivity index (χ0v) is 19.9. The lowest BCUT2D eigenvalue weighted by atomic mass is 10.1. The number of halogens is 3. The van der Waals surface area contributed by atoms with Crippen LogP contribution in [0.2, 0.25) is 0 Å². The number of aromatic nitrogens is 1. The molecule has 0 aliphatic rings. The van der Waals surface area contributed by atoms with Crippen LogP contribution in [-0.4, -0.2) is 27.6 Å². The summed E-state index contributed by atoms with van der Waals surface area (Å²) < 4.78 is 30.7. The second-order valence-corrected chi connectivity index (χ2v) is 8.98. The van der Waals surface area contributed by atoms with Gasteiger partial charge in [-0.25, -0.2) is 13.6 Å². The molecule has 0 fully saturated rings. The predicted octanol–water partition coefficient (Wildman–Crippen LogP) is 5.42. The molecule has 0 aliphatic heterocycles. The van der Waals surface area contributed by atoms with E-state index < -0.39 is 28.6 Å². The highest BCUT2D eigenvalue weighted by Crippen LogP contribution is 2.26. The van der Waals surface area contributed by atoms with E-state index >= 15 is 0 Å². The normalized spacial score (nSPS) is 11.3. The van der Waals surface area contributed by atoms with Crippen LogP contribution in [0.15, 0.2) is 76.1 Å². The smallest absolute Gasteiger partial charge is 0.341 e. The number of aromatic carboxylic acids is 1. The Hall–Kier alpha value is -3.36. The van der Waals surface area contributed by atoms with Crippen molar-refractivity contribution in [3.8, 4) is 0 Å². The SMILES string of the molecule is CN(Cc1ccccc1)Cc1cc2c(=O)c(C(=O)O)cn(Cc3c(F)cccc3F)c2cc1Br. The first-order chi connectivity index (χ1) is 16.2. The predicted molar refractivity (Wildman–Crippen MR) is 130 cm³/mol. The zero-order valence-electron chi connectivity index (χ0n) is 18.3. The van der Waals surface area contributed by atoms with Crippen molar-refractivity contribution in [3.05, 3.63) is 115 Å². The van der Waals surface area contributed by atoms with Gasteiger partial charge >= 0.3 is 5.97 Å². The van der Waals surface area contributed by atoms with Gasteiger partial charge in [-0.05, 0) is 42.4 Å². The van der Waals surface area contributed by atoms with E-state index in [1.807, 2.05) is 37.4 Å². The van der Waals surface area contributed by atoms with Crippen molar-refractivity contribution < 1.29 is 18.7 Å². The fourth-order valence-corrected chi connectivity index (χ4v) is 4.41. The summed E-state index contributed by atoms with van der Waals surface area (Å²) in [7, 11) is 1.94. The van der Waals surface area contributed by atoms with E-state index in [9.17, 15) is 23.5 Å². The van der Waals surface area contributed by atoms with Crippen LogP contribution in [0.25, 0.3) is 10.9 Å². The molecular weight excluding hydrogens is 506 g/mol. The minimum Gasteiger partial charge on any atom is -0.477 e. The molecule has 5 nitrogen and oxygen atoms in total. The summed E-state index contributed by atoms with van der Waals surface area (Å²) in [5.41, 5.74) is 0.964. The van der Waals surface area contributed by atoms with Gasteiger partial charge in [0.15, 0.2) is 0 Å². The van der Waals surface area contributed by atoms with Crippen molar-refractivity contribution in [1.82, 2.24) is 9.47 Å². The summed E-state index contributed by atoms with van der Waals surface area (Å²) in [5, 5.41) is 9.75. The average molecular weight is 527 g/mol. The first-order valence-corrected chi connectivity index (χ1v) is 11.3. The Balaban J connectivity index is 1.79. The number of nitrogens with zero attached hydrogens (tertiary/aromatic N) is 2. The van der Waals surface area contributed by atoms with Crippen molar-refractivity contribution in [3.63, 3.8) is 0 Å². The van der Waals surface area contributed by atoms with Crippen LogP contribution in [0.5, 0.6) is 0 Å². The second-order valence-electron chi connectivity index (χ2n) is 8.12. The Kier molecular flexibility index (Phi) is 6.90. The van der Waals surface area contributed by atoms with Crippen molar-refractivity contribution in [1.29, 1.82) is 0 Å². The molecule has 3 aromatic carbocycles. The molecule has 34 heavy (non-hydrogen) atoms. The molecule has 0 spiro atoms. The van der Waals surface area contributed by atoms with Gasteiger partial charge in [-0.2, -0.15) is 0 Å². The van der Waals surface area contributed by atoms with Gasteiger partial charge in [0.05, 0.1) is 12.1 Å². The Labute approximate surface area is 203 Å². The van der Waals surface area contributed by atoms with E-state index in [0.717, 1.165) is 29.5 Å². The van der Waals surface area contributed by atoms with Crippen LogP contribution in [0.3, 0.4) is 0 Å². The third-order valence-corrected chi connectivity index (χ3v) is 6.34. The van der Waals surface area contributed by atoms with Gasteiger partial charge in [0.25, 0.3) is 0 Å². The highest BCUT2D eigenvalue weighted by molar-refractivity contribution is 9.10. The maximum Gasteiger partial charge on any atom is 0.341 e. The molecule has 0 bridgehead atoms. The van der Waals surface area contributed by atoms with Crippen LogP contribution >= 0.6 is 15.9 Å². The first kappa shape index (κ1) is 23.8. The van der Waals surface area contributed by atoms with Crippen LogP contribution in [0.1, 0.15) is 27.0 Å². The summed E-state index contributed by atoms with van der Waals surface area (Å²) in [6.45, 7) is 0.899. The minimum absolute atomic E-state index is 0.169. The molecule has 0 unspecified atom stereocenters. The van der Waals surface area contributed by atoms with Crippen molar-refractivity contribution >= 4 is 32.8 Å². The van der Waals surface area contributed by atoms with Gasteiger partial charge in [-0.15, -0.1) is 0 Å². The zero-order chi connectivity index (χ0) is 24.4. The summed E-state index contributed by atoms with van der Waals surface area (Å²) in [4.78, 5) is 26.8. The Bertz CT molecular complexity index is 1420. The van der Waals surface area contributed by atoms with E-state index in [-0.39, 0.29) is 17.5 Å². The molecule has 0 saturated heterocycles. The fraction of sp³-hybridized carbons (Fsp3) is 0.154. The number of pyridine rings is 1. The average Bonchev–Trinajstić information content (AvgIpc) is 2.79. The number of benzene rings is 3. The lowest BCUT2D eigenvalue weighted by Gasteiger charge is -2.19. The summed E-state index contributed by atoms with van der Waals surface area (Å²) in [6.07, 6.45) is 1.13. The van der Waals surface area contributed by atoms with Crippen LogP contribution in [-0.2, 0) is 19.6 Å². The molecule has 174 valence electrons. The van der Waals surface area contributed by atoms with Crippen molar-refractivity contribution in [2.45, 2.75) is 19.6 Å². The largest absolute Gasteiger partial charge is 0.477 e. The maximum absolute atomic E-state index is 14.3. The van der Waals surface area contributed by atoms with E-state index in [1.54, 1.807) is 12.1 Å². The molecule has 0 aliphatic carbocycles. The highest BCUT2D eigenvalue weighted by atomic mass is 79.9. The van der Waals surface area contributed by atoms with Crippen molar-refractivity contribution in [2.24, 2.45) is 0 Å². The third kappa shape index (κ3) is 4.93. The van der Waals surface area contributed by atoms with Gasteiger partial charge in [0.2, 0.25) is 5.43 Å². The van der Waals surface area contributed by atoms with Crippen molar-refractivity contribution in [2.75, 3.05) is 7.05 Å². The summed E-state index contributed by atoms with van der Waals surface area (Å²) >= 11 is 3.55. The van der Waals surface area contributed by atoms with E-state index in [0.29, 0.717) is 23.1 Å². The third-order valence-electron chi connectivity index (χ3n) is 5.60. The maximum atomic E-state index is 14.3. The number of carboxylic acids is 1. The molecule has 0 radical (unpaired) electrons. The fourth-order valence-electron chi connectivity index (χ4n) is 3.96. The molecule has 0 atom stereocenters. The standard InChI is InChI=1S/C26H21BrF2N2O3/c1-30(12-16-6-3-2-4-7-16)13-17-10-18-24(11-21(17)27)31(15-20(25(18)32)26(33)34)14-19-22(28)8-5-9-23(19)29/h2-11,15H,12-14H2,1H3,(H,33,34). The topological polar surface area (TPSA) is 62.5 Å². The van der Waals surface area contributed by atoms with Gasteiger partial charge in [-0.3, -0.25) is 9.69 Å². The van der Waals surface area contributed by atoms with E-state index in [2.05, 4.69) is 20.8 Å². The Morgan fingerprint density at radius 1 is 1.03 bits per heavy atom. The van der Waals surface area contributed by atoms with E-state index in [1.165, 1.54) is 10.6 Å². The van der Waals surface area contributed by atoms with Gasteiger partial charge in [0, 0.05) is 34.7 Å². The number of hydrogen-bond acceptors (Lipinski definition) is 3. The number of carboxylic acid groups (broad SMARTS) is 1. The summed E-state index contributed by atoms with van der Waals surface area (Å²) in [5.74, 6) is -2.90. The number of rotatable bonds is 7. The molecule has 1 N–H and O–H groups in total. The number of carbonyl (C=O) groups is 1. The Morgan fingerprint density at radius 3 is 2.35 bits per heavy atom. The number of fused-ring (bicyclic) bond motifs is 1. The lowest BCUT2D eigenvalue weighted by molar-refractivity contribution is 0.0695. The molecular formula is C26H21BrF2N2O3. The molecule has 0 saturated carbocycles. The van der Waals surface area contributed by atoms with Crippen LogP contribution < -0.4 is 5.43 Å². The molecule has 8 heteroatoms. The Morgan fingerprint density at radius 2 is 1.71 bits per heavy atom. The van der Waals surface area contributed by atoms with Gasteiger partial charge in [-0.1, -0.05) is 52.3 Å². The van der Waals surface area contributed by atoms with Gasteiger partial charge in [0.1, 0.15) is 17.2 Å². The quantitative estimate of drug-likeness (QED) is 0.349. The molecule has 1 heterocycles. The van der Waals surface area contributed by atoms with E-state index in [4.69, 9.17) is 0 Å². The molecule has 4 rings (SSSR count). The monoisotopic (exact) mass is 526 g/mol.